The quantitative estimate of drug-likeness (QED) is 0.0213. The fourth-order valence-corrected chi connectivity index (χ4v) is 15.4. The molecule has 4 amide bonds. The van der Waals surface area contributed by atoms with E-state index >= 15 is 0 Å². The van der Waals surface area contributed by atoms with Crippen molar-refractivity contribution in [2.75, 3.05) is 65.9 Å². The average molecular weight is 1650 g/mol. The van der Waals surface area contributed by atoms with Gasteiger partial charge in [-0.1, -0.05) is 96.9 Å². The summed E-state index contributed by atoms with van der Waals surface area (Å²) in [6.07, 6.45) is 4.22. The molecule has 5 aromatic carbocycles. The molecule has 24 nitrogen and oxygen atoms in total. The monoisotopic (exact) mass is 1650 g/mol. The highest BCUT2D eigenvalue weighted by Crippen LogP contribution is 2.42. The van der Waals surface area contributed by atoms with Gasteiger partial charge in [-0.3, -0.25) is 24.1 Å². The Morgan fingerprint density at radius 3 is 1.08 bits per heavy atom. The fourth-order valence-electron chi connectivity index (χ4n) is 15.4. The van der Waals surface area contributed by atoms with Crippen LogP contribution in [0.3, 0.4) is 0 Å². The summed E-state index contributed by atoms with van der Waals surface area (Å²) in [4.78, 5) is 49.1. The molecule has 0 aromatic heterocycles. The molecule has 4 saturated heterocycles. The van der Waals surface area contributed by atoms with E-state index in [9.17, 15) is 54.9 Å². The Labute approximate surface area is 708 Å². The Bertz CT molecular complexity index is 3770. The van der Waals surface area contributed by atoms with E-state index < -0.39 is 6.10 Å². The van der Waals surface area contributed by atoms with Crippen molar-refractivity contribution in [3.63, 3.8) is 0 Å². The van der Waals surface area contributed by atoms with Crippen LogP contribution in [-0.4, -0.2) is 183 Å². The molecule has 4 aliphatic heterocycles. The number of piperidine rings is 2. The first kappa shape index (κ1) is 104. The summed E-state index contributed by atoms with van der Waals surface area (Å²) in [6.45, 7) is 61.4. The Hall–Kier alpha value is -7.94. The third-order valence-corrected chi connectivity index (χ3v) is 20.6. The number of aryl methyl sites for hydroxylation is 4. The maximum atomic E-state index is 12.0. The van der Waals surface area contributed by atoms with E-state index in [1.807, 2.05) is 83.1 Å². The first-order valence-electron chi connectivity index (χ1n) is 42.6. The molecule has 7 unspecified atom stereocenters. The number of hydrogen-bond donors (Lipinski definition) is 18. The van der Waals surface area contributed by atoms with Gasteiger partial charge in [-0.05, 0) is 277 Å². The third kappa shape index (κ3) is 35.4. The maximum absolute atomic E-state index is 12.0. The van der Waals surface area contributed by atoms with E-state index in [1.54, 1.807) is 65.8 Å². The molecule has 666 valence electrons. The largest absolute Gasteiger partial charge is 0.508 e. The molecule has 0 bridgehead atoms. The van der Waals surface area contributed by atoms with Crippen molar-refractivity contribution in [3.05, 3.63) is 117 Å². The zero-order chi connectivity index (χ0) is 90.2. The number of phenols is 5. The van der Waals surface area contributed by atoms with Crippen molar-refractivity contribution in [1.82, 2.24) is 26.0 Å². The zero-order valence-corrected chi connectivity index (χ0v) is 77.2. The number of nitrogens with one attached hydrogen (secondary N) is 8. The Balaban J connectivity index is 0.000000358. The van der Waals surface area contributed by atoms with Crippen LogP contribution in [0.25, 0.3) is 0 Å². The molecule has 0 saturated carbocycles. The Kier molecular flexibility index (Phi) is 40.3. The number of anilines is 5. The van der Waals surface area contributed by atoms with Crippen molar-refractivity contribution >= 4 is 52.1 Å². The number of carbonyl (C=O) groups excluding carboxylic acids is 4. The zero-order valence-electron chi connectivity index (χ0n) is 77.2. The van der Waals surface area contributed by atoms with E-state index in [0.717, 1.165) is 111 Å². The highest BCUT2D eigenvalue weighted by Gasteiger charge is 2.44. The lowest BCUT2D eigenvalue weighted by Crippen LogP contribution is -2.63. The first-order chi connectivity index (χ1) is 54.2. The van der Waals surface area contributed by atoms with E-state index in [2.05, 4.69) is 167 Å². The van der Waals surface area contributed by atoms with Crippen LogP contribution >= 0.6 is 0 Å². The van der Waals surface area contributed by atoms with Crippen molar-refractivity contribution in [1.29, 1.82) is 0 Å². The molecule has 9 rings (SSSR count). The van der Waals surface area contributed by atoms with Gasteiger partial charge >= 0.3 is 0 Å². The average Bonchev–Trinajstić information content (AvgIpc) is 1.25. The minimum atomic E-state index is -0.403. The number of aromatic hydroxyl groups is 5. The second-order valence-corrected chi connectivity index (χ2v) is 38.7. The standard InChI is InChI=1S/C17H29NO2.C15H26N2O2.C15H25NO2.C14H25N3O2.C13H21NO2.C11H17NO2.C9H13NO2/c1-11(19)10-18-12-8-13(16(2,3)4)15(20)14(9-12)17(5,6)7;1-10-6-12(18)17(13(10)19)9-11-7-14(2,3)16-15(4,5)8-11;1-9(2)13-6-12(16-8-11(5)17)7-14(10(3)4)15(13)18;1-9-6-11(18)17(12(9)19)15-10-7-13(2,3)16-14(4,5)8-10;1-4-10-6-12(14-8-9(3)15)7-11(5-2)13(10)16;1-7-4-10(12-6-9(3)13)5-8(2)11(7)14;1-7(11)6-10-8-2-4-9(12)5-3-8/h8-9,11,18-20H,10H2,1-7H3;10-11,16H,6-9H2,1-5H3;6-7,9-11,16-18H,8H2,1-5H3;9-10,15-16H,6-8H2,1-5H3;6-7,9,14-16H,4-5,8H2,1-3H3;4-5,9,12-14H,6H2,1-3H3;2-5,7,10-12H,6H2,1H3. The molecule has 4 heterocycles. The van der Waals surface area contributed by atoms with Gasteiger partial charge in [-0.25, -0.2) is 10.4 Å². The van der Waals surface area contributed by atoms with Gasteiger partial charge in [0.15, 0.2) is 0 Å². The normalized spacial score (nSPS) is 18.8. The molecular weight excluding hydrogens is 1490 g/mol. The third-order valence-electron chi connectivity index (χ3n) is 20.6. The summed E-state index contributed by atoms with van der Waals surface area (Å²) in [5.41, 5.74) is 15.1. The van der Waals surface area contributed by atoms with Crippen LogP contribution in [0.4, 0.5) is 28.4 Å². The van der Waals surface area contributed by atoms with Crippen molar-refractivity contribution < 1.29 is 70.2 Å². The number of aliphatic hydroxyl groups excluding tert-OH is 5. The number of hydrazine groups is 1. The molecule has 0 aliphatic carbocycles. The van der Waals surface area contributed by atoms with Crippen molar-refractivity contribution in [3.8, 4) is 28.7 Å². The molecule has 18 N–H and O–H groups in total. The van der Waals surface area contributed by atoms with Gasteiger partial charge in [0.25, 0.3) is 0 Å². The number of hydrogen-bond acceptors (Lipinski definition) is 22. The molecule has 118 heavy (non-hydrogen) atoms. The number of carbonyl (C=O) groups is 4. The number of aliphatic hydroxyl groups is 5. The van der Waals surface area contributed by atoms with Crippen molar-refractivity contribution in [2.24, 2.45) is 17.8 Å². The van der Waals surface area contributed by atoms with Gasteiger partial charge in [0.2, 0.25) is 23.6 Å². The first-order valence-corrected chi connectivity index (χ1v) is 42.6. The molecule has 0 spiro atoms. The lowest BCUT2D eigenvalue weighted by atomic mass is 9.76. The van der Waals surface area contributed by atoms with Crippen LogP contribution in [0.2, 0.25) is 0 Å². The second-order valence-electron chi connectivity index (χ2n) is 38.7. The SMILES string of the molecule is CC(O)CNc1cc(C(C)(C)C)c(O)c(C(C)(C)C)c1.CC(O)CNc1cc(C(C)C)c(O)c(C(C)C)c1.CC(O)CNc1ccc(O)cc1.CC1CC(=O)N(CC2CC(C)(C)NC(C)(C)C2)C1=O.CC1CC(=O)N(NC2CC(C)(C)NC(C)(C)C2)C1=O.CCc1cc(NCC(C)O)cc(CC)c1O.Cc1cc(NCC(C)O)cc(C)c1O. The van der Waals surface area contributed by atoms with Crippen LogP contribution < -0.4 is 42.6 Å². The summed E-state index contributed by atoms with van der Waals surface area (Å²) < 4.78 is 0. The number of benzene rings is 5. The Morgan fingerprint density at radius 1 is 0.432 bits per heavy atom. The lowest BCUT2D eigenvalue weighted by Gasteiger charge is -2.47. The second kappa shape index (κ2) is 45.6. The predicted octanol–water partition coefficient (Wildman–Crippen LogP) is 15.6. The fraction of sp³-hybridized carbons (Fsp3) is 0.638. The van der Waals surface area contributed by atoms with E-state index in [4.69, 9.17) is 15.3 Å². The van der Waals surface area contributed by atoms with Gasteiger partial charge < -0.3 is 88.3 Å². The maximum Gasteiger partial charge on any atom is 0.247 e. The van der Waals surface area contributed by atoms with Gasteiger partial charge in [-0.2, -0.15) is 0 Å². The van der Waals surface area contributed by atoms with E-state index in [1.165, 1.54) is 9.91 Å². The smallest absolute Gasteiger partial charge is 0.247 e. The summed E-state index contributed by atoms with van der Waals surface area (Å²) in [6, 6.07) is 22.4. The number of rotatable bonds is 23. The molecule has 7 atom stereocenters. The summed E-state index contributed by atoms with van der Waals surface area (Å²) in [5.74, 6) is 2.22. The van der Waals surface area contributed by atoms with E-state index in [0.29, 0.717) is 81.0 Å². The van der Waals surface area contributed by atoms with Crippen LogP contribution in [-0.2, 0) is 42.8 Å². The van der Waals surface area contributed by atoms with Crippen molar-refractivity contribution in [2.45, 2.75) is 334 Å². The topological polar surface area (TPSA) is 373 Å². The minimum absolute atomic E-state index is 0.00312. The van der Waals surface area contributed by atoms with Crippen LogP contribution in [0.15, 0.2) is 72.8 Å². The summed E-state index contributed by atoms with van der Waals surface area (Å²) >= 11 is 0. The molecule has 24 heteroatoms. The number of amides is 4. The lowest BCUT2D eigenvalue weighted by molar-refractivity contribution is -0.145. The number of nitrogens with zero attached hydrogens (tertiary/aromatic N) is 2. The van der Waals surface area contributed by atoms with Crippen LogP contribution in [0, 0.1) is 31.6 Å². The predicted molar refractivity (Wildman–Crippen MR) is 483 cm³/mol. The highest BCUT2D eigenvalue weighted by molar-refractivity contribution is 6.03. The van der Waals surface area contributed by atoms with Gasteiger partial charge in [0.1, 0.15) is 28.7 Å². The number of imide groups is 2. The van der Waals surface area contributed by atoms with Gasteiger partial charge in [-0.15, -0.1) is 0 Å². The molecule has 4 aliphatic rings. The summed E-state index contributed by atoms with van der Waals surface area (Å²) in [5, 5.41) is 119. The molecular formula is C94H156N10O14. The molecule has 4 fully saturated rings. The number of phenolic OH excluding ortho intramolecular Hbond substituents is 5. The van der Waals surface area contributed by atoms with Crippen LogP contribution in [0.5, 0.6) is 28.7 Å². The minimum Gasteiger partial charge on any atom is -0.508 e. The van der Waals surface area contributed by atoms with E-state index in [-0.39, 0.29) is 116 Å². The number of likely N-dealkylation sites (tertiary alicyclic amines) is 1. The van der Waals surface area contributed by atoms with Crippen LogP contribution in [0.1, 0.15) is 282 Å². The molecule has 0 radical (unpaired) electrons. The summed E-state index contributed by atoms with van der Waals surface area (Å²) in [7, 11) is 0. The molecule has 5 aromatic rings. The van der Waals surface area contributed by atoms with Gasteiger partial charge in [0, 0.05) is 132 Å². The van der Waals surface area contributed by atoms with Gasteiger partial charge in [0.05, 0.1) is 30.5 Å². The Morgan fingerprint density at radius 2 is 0.763 bits per heavy atom. The highest BCUT2D eigenvalue weighted by atomic mass is 16.3.